The summed E-state index contributed by atoms with van der Waals surface area (Å²) in [6, 6.07) is 3.23. The number of nitrogens with two attached hydrogens (primary N) is 1. The van der Waals surface area contributed by atoms with Gasteiger partial charge in [-0.25, -0.2) is 0 Å². The summed E-state index contributed by atoms with van der Waals surface area (Å²) in [7, 11) is 0. The third-order valence-corrected chi connectivity index (χ3v) is 2.79. The van der Waals surface area contributed by atoms with Crippen molar-refractivity contribution in [3.8, 4) is 5.75 Å². The number of nitrogens with zero attached hydrogens (tertiary/aromatic N) is 1. The molecule has 8 heteroatoms. The van der Waals surface area contributed by atoms with Gasteiger partial charge in [0.25, 0.3) is 5.91 Å². The Morgan fingerprint density at radius 2 is 2.05 bits per heavy atom. The predicted molar refractivity (Wildman–Crippen MR) is 70.1 cm³/mol. The van der Waals surface area contributed by atoms with Crippen molar-refractivity contribution >= 4 is 17.5 Å². The van der Waals surface area contributed by atoms with Crippen molar-refractivity contribution in [3.05, 3.63) is 33.9 Å². The fraction of sp³-hybridized carbons (Fsp3) is 0.333. The third-order valence-electron chi connectivity index (χ3n) is 2.79. The summed E-state index contributed by atoms with van der Waals surface area (Å²) in [6.07, 6.45) is 0. The molecule has 20 heavy (non-hydrogen) atoms. The van der Waals surface area contributed by atoms with Crippen LogP contribution in [0.3, 0.4) is 0 Å². The fourth-order valence-electron chi connectivity index (χ4n) is 1.31. The van der Waals surface area contributed by atoms with Crippen LogP contribution in [0.15, 0.2) is 18.2 Å². The minimum Gasteiger partial charge on any atom is -0.502 e. The maximum atomic E-state index is 11.8. The number of amides is 2. The Kier molecular flexibility index (Phi) is 4.28. The molecule has 4 N–H and O–H groups in total. The lowest BCUT2D eigenvalue weighted by molar-refractivity contribution is -0.385. The van der Waals surface area contributed by atoms with Crippen molar-refractivity contribution in [1.82, 2.24) is 5.32 Å². The lowest BCUT2D eigenvalue weighted by Gasteiger charge is -2.20. The second-order valence-corrected chi connectivity index (χ2v) is 4.89. The molecule has 0 aliphatic rings. The molecule has 0 saturated heterocycles. The van der Waals surface area contributed by atoms with Gasteiger partial charge in [0.15, 0.2) is 5.75 Å². The van der Waals surface area contributed by atoms with E-state index in [0.717, 1.165) is 12.1 Å². The fourth-order valence-corrected chi connectivity index (χ4v) is 1.31. The van der Waals surface area contributed by atoms with Gasteiger partial charge < -0.3 is 16.2 Å². The van der Waals surface area contributed by atoms with E-state index in [2.05, 4.69) is 5.32 Å². The van der Waals surface area contributed by atoms with E-state index < -0.39 is 33.6 Å². The van der Waals surface area contributed by atoms with Crippen LogP contribution in [0, 0.1) is 15.5 Å². The molecule has 0 radical (unpaired) electrons. The van der Waals surface area contributed by atoms with Crippen LogP contribution in [-0.4, -0.2) is 28.4 Å². The second-order valence-electron chi connectivity index (χ2n) is 4.89. The van der Waals surface area contributed by atoms with Gasteiger partial charge in [-0.3, -0.25) is 19.7 Å². The molecular weight excluding hydrogens is 266 g/mol. The first kappa shape index (κ1) is 15.4. The van der Waals surface area contributed by atoms with Crippen LogP contribution in [0.2, 0.25) is 0 Å². The number of aromatic hydroxyl groups is 1. The number of benzene rings is 1. The molecule has 0 aliphatic carbocycles. The molecule has 0 atom stereocenters. The van der Waals surface area contributed by atoms with Crippen molar-refractivity contribution in [2.45, 2.75) is 13.8 Å². The molecule has 0 bridgehead atoms. The summed E-state index contributed by atoms with van der Waals surface area (Å²) in [6.45, 7) is 3.16. The van der Waals surface area contributed by atoms with Crippen molar-refractivity contribution in [1.29, 1.82) is 0 Å². The van der Waals surface area contributed by atoms with E-state index in [1.165, 1.54) is 6.07 Å². The van der Waals surface area contributed by atoms with E-state index in [1.54, 1.807) is 13.8 Å². The zero-order valence-corrected chi connectivity index (χ0v) is 11.0. The van der Waals surface area contributed by atoms with Crippen molar-refractivity contribution in [2.75, 3.05) is 6.54 Å². The molecule has 1 aromatic carbocycles. The number of rotatable bonds is 5. The predicted octanol–water partition coefficient (Wildman–Crippen LogP) is 0.542. The molecule has 108 valence electrons. The molecule has 1 rings (SSSR count). The summed E-state index contributed by atoms with van der Waals surface area (Å²) >= 11 is 0. The first-order valence-electron chi connectivity index (χ1n) is 5.70. The van der Waals surface area contributed by atoms with Gasteiger partial charge in [-0.2, -0.15) is 0 Å². The summed E-state index contributed by atoms with van der Waals surface area (Å²) in [5, 5.41) is 22.4. The molecule has 0 spiro atoms. The standard InChI is InChI=1S/C12H15N3O5/c1-12(2,11(13)18)6-14-10(17)7-3-4-8(15(19)20)9(16)5-7/h3-5,16H,6H2,1-2H3,(H2,13,18)(H,14,17). The molecule has 2 amide bonds. The minimum atomic E-state index is -0.918. The molecule has 0 saturated carbocycles. The van der Waals surface area contributed by atoms with E-state index in [9.17, 15) is 24.8 Å². The van der Waals surface area contributed by atoms with E-state index in [4.69, 9.17) is 5.73 Å². The van der Waals surface area contributed by atoms with Gasteiger partial charge in [0, 0.05) is 18.2 Å². The first-order valence-corrected chi connectivity index (χ1v) is 5.70. The van der Waals surface area contributed by atoms with E-state index >= 15 is 0 Å². The molecule has 0 fully saturated rings. The normalized spacial score (nSPS) is 10.9. The lowest BCUT2D eigenvalue weighted by atomic mass is 9.92. The van der Waals surface area contributed by atoms with Crippen molar-refractivity contribution < 1.29 is 19.6 Å². The van der Waals surface area contributed by atoms with Gasteiger partial charge in [-0.05, 0) is 26.0 Å². The van der Waals surface area contributed by atoms with E-state index in [1.807, 2.05) is 0 Å². The number of hydrogen-bond acceptors (Lipinski definition) is 5. The Morgan fingerprint density at radius 3 is 2.50 bits per heavy atom. The topological polar surface area (TPSA) is 136 Å². The highest BCUT2D eigenvalue weighted by atomic mass is 16.6. The van der Waals surface area contributed by atoms with Crippen LogP contribution in [-0.2, 0) is 4.79 Å². The molecule has 0 aromatic heterocycles. The minimum absolute atomic E-state index is 0.0128. The average molecular weight is 281 g/mol. The molecule has 1 aromatic rings. The SMILES string of the molecule is CC(C)(CNC(=O)c1ccc([N+](=O)[O-])c(O)c1)C(N)=O. The van der Waals surface area contributed by atoms with Crippen LogP contribution in [0.1, 0.15) is 24.2 Å². The van der Waals surface area contributed by atoms with Crippen LogP contribution in [0.5, 0.6) is 5.75 Å². The molecular formula is C12H15N3O5. The number of nitro groups is 1. The highest BCUT2D eigenvalue weighted by Gasteiger charge is 2.26. The second kappa shape index (κ2) is 5.55. The number of phenols is 1. The summed E-state index contributed by atoms with van der Waals surface area (Å²) < 4.78 is 0. The smallest absolute Gasteiger partial charge is 0.310 e. The summed E-state index contributed by atoms with van der Waals surface area (Å²) in [5.74, 6) is -1.73. The number of primary amides is 1. The molecule has 0 aliphatic heterocycles. The molecule has 0 unspecified atom stereocenters. The number of nitro benzene ring substituents is 1. The Labute approximate surface area is 114 Å². The van der Waals surface area contributed by atoms with Crippen molar-refractivity contribution in [3.63, 3.8) is 0 Å². The van der Waals surface area contributed by atoms with Gasteiger partial charge in [0.1, 0.15) is 0 Å². The van der Waals surface area contributed by atoms with Crippen LogP contribution >= 0.6 is 0 Å². The van der Waals surface area contributed by atoms with Gasteiger partial charge >= 0.3 is 5.69 Å². The Morgan fingerprint density at radius 1 is 1.45 bits per heavy atom. The zero-order chi connectivity index (χ0) is 15.5. The quantitative estimate of drug-likeness (QED) is 0.534. The van der Waals surface area contributed by atoms with Crippen molar-refractivity contribution in [2.24, 2.45) is 11.1 Å². The van der Waals surface area contributed by atoms with Gasteiger partial charge in [0.05, 0.1) is 10.3 Å². The van der Waals surface area contributed by atoms with Crippen LogP contribution < -0.4 is 11.1 Å². The lowest BCUT2D eigenvalue weighted by Crippen LogP contribution is -2.42. The summed E-state index contributed by atoms with van der Waals surface area (Å²) in [5.41, 5.74) is 3.81. The van der Waals surface area contributed by atoms with E-state index in [-0.39, 0.29) is 12.1 Å². The molecule has 8 nitrogen and oxygen atoms in total. The van der Waals surface area contributed by atoms with Crippen LogP contribution in [0.25, 0.3) is 0 Å². The maximum absolute atomic E-state index is 11.8. The van der Waals surface area contributed by atoms with Gasteiger partial charge in [0.2, 0.25) is 5.91 Å². The van der Waals surface area contributed by atoms with Crippen LogP contribution in [0.4, 0.5) is 5.69 Å². The largest absolute Gasteiger partial charge is 0.502 e. The van der Waals surface area contributed by atoms with Gasteiger partial charge in [-0.1, -0.05) is 0 Å². The third kappa shape index (κ3) is 3.44. The number of carbonyl (C=O) groups is 2. The number of phenolic OH excluding ortho intramolecular Hbond substituents is 1. The molecule has 0 heterocycles. The first-order chi connectivity index (χ1) is 9.15. The maximum Gasteiger partial charge on any atom is 0.310 e. The Balaban J connectivity index is 2.82. The average Bonchev–Trinajstić information content (AvgIpc) is 2.35. The monoisotopic (exact) mass is 281 g/mol. The highest BCUT2D eigenvalue weighted by Crippen LogP contribution is 2.26. The summed E-state index contributed by atoms with van der Waals surface area (Å²) in [4.78, 5) is 32.7. The number of hydrogen-bond donors (Lipinski definition) is 3. The van der Waals surface area contributed by atoms with E-state index in [0.29, 0.717) is 0 Å². The number of carbonyl (C=O) groups excluding carboxylic acids is 2. The zero-order valence-electron chi connectivity index (χ0n) is 11.0. The highest BCUT2D eigenvalue weighted by molar-refractivity contribution is 5.95. The number of nitrogens with one attached hydrogen (secondary N) is 1. The Hall–Kier alpha value is -2.64. The Bertz CT molecular complexity index is 568. The van der Waals surface area contributed by atoms with Gasteiger partial charge in [-0.15, -0.1) is 0 Å².